The topological polar surface area (TPSA) is 130 Å². The summed E-state index contributed by atoms with van der Waals surface area (Å²) in [6.45, 7) is 3.40. The van der Waals surface area contributed by atoms with Crippen LogP contribution in [0.5, 0.6) is 0 Å². The number of sulfone groups is 1. The number of aromatic nitrogens is 4. The van der Waals surface area contributed by atoms with E-state index in [2.05, 4.69) is 20.3 Å². The second-order valence-corrected chi connectivity index (χ2v) is 10.5. The van der Waals surface area contributed by atoms with E-state index in [1.54, 1.807) is 18.4 Å². The first-order valence-electron chi connectivity index (χ1n) is 10.7. The van der Waals surface area contributed by atoms with Gasteiger partial charge in [0.15, 0.2) is 21.4 Å². The van der Waals surface area contributed by atoms with Crippen molar-refractivity contribution in [3.63, 3.8) is 0 Å². The van der Waals surface area contributed by atoms with Gasteiger partial charge in [-0.1, -0.05) is 0 Å². The number of rotatable bonds is 4. The van der Waals surface area contributed by atoms with Crippen LogP contribution in [0.3, 0.4) is 0 Å². The van der Waals surface area contributed by atoms with Crippen LogP contribution in [-0.4, -0.2) is 58.8 Å². The van der Waals surface area contributed by atoms with Crippen molar-refractivity contribution in [1.82, 2.24) is 24.8 Å². The smallest absolute Gasteiger partial charge is 0.392 e. The highest BCUT2D eigenvalue weighted by molar-refractivity contribution is 7.90. The molecular formula is C22H23F3N6O4S. The Kier molecular flexibility index (Phi) is 6.29. The first-order chi connectivity index (χ1) is 16.8. The normalized spacial score (nSPS) is 14.2. The van der Waals surface area contributed by atoms with Gasteiger partial charge in [-0.25, -0.2) is 23.4 Å². The van der Waals surface area contributed by atoms with Crippen LogP contribution in [0, 0.1) is 0 Å². The van der Waals surface area contributed by atoms with Crippen molar-refractivity contribution in [3.8, 4) is 0 Å². The number of alkyl halides is 3. The van der Waals surface area contributed by atoms with Crippen LogP contribution in [0.25, 0.3) is 16.7 Å². The molecule has 4 rings (SSSR count). The minimum atomic E-state index is -4.89. The van der Waals surface area contributed by atoms with E-state index in [1.165, 1.54) is 24.1 Å². The number of anilines is 1. The van der Waals surface area contributed by atoms with Crippen LogP contribution in [0.15, 0.2) is 28.8 Å². The van der Waals surface area contributed by atoms with Gasteiger partial charge in [-0.15, -0.1) is 0 Å². The Morgan fingerprint density at radius 1 is 1.19 bits per heavy atom. The molecule has 0 atom stereocenters. The summed E-state index contributed by atoms with van der Waals surface area (Å²) in [5.41, 5.74) is 0.223. The van der Waals surface area contributed by atoms with Gasteiger partial charge in [-0.05, 0) is 37.1 Å². The van der Waals surface area contributed by atoms with Crippen molar-refractivity contribution in [3.05, 3.63) is 46.5 Å². The lowest BCUT2D eigenvalue weighted by Crippen LogP contribution is -2.35. The van der Waals surface area contributed by atoms with E-state index < -0.39 is 39.8 Å². The molecule has 14 heteroatoms. The number of nitrogens with one attached hydrogen (secondary N) is 1. The molecule has 1 aromatic carbocycles. The average Bonchev–Trinajstić information content (AvgIpc) is 3.17. The van der Waals surface area contributed by atoms with E-state index >= 15 is 0 Å². The molecule has 0 aliphatic carbocycles. The summed E-state index contributed by atoms with van der Waals surface area (Å²) >= 11 is 0. The molecule has 192 valence electrons. The number of nitrogens with zero attached hydrogens (tertiary/aromatic N) is 5. The Bertz CT molecular complexity index is 1520. The molecule has 0 radical (unpaired) electrons. The molecule has 0 saturated carbocycles. The van der Waals surface area contributed by atoms with Crippen LogP contribution in [0.2, 0.25) is 0 Å². The maximum absolute atomic E-state index is 13.7. The van der Waals surface area contributed by atoms with Crippen LogP contribution >= 0.6 is 0 Å². The van der Waals surface area contributed by atoms with Gasteiger partial charge < -0.3 is 19.9 Å². The zero-order valence-electron chi connectivity index (χ0n) is 19.8. The van der Waals surface area contributed by atoms with E-state index in [-0.39, 0.29) is 29.5 Å². The molecule has 0 saturated heterocycles. The number of fused-ring (bicyclic) bond motifs is 3. The summed E-state index contributed by atoms with van der Waals surface area (Å²) in [5, 5.41) is 11.8. The van der Waals surface area contributed by atoms with Crippen molar-refractivity contribution in [2.24, 2.45) is 0 Å². The number of halogens is 3. The molecule has 3 aromatic rings. The third kappa shape index (κ3) is 4.30. The lowest BCUT2D eigenvalue weighted by atomic mass is 10.1. The predicted molar refractivity (Wildman–Crippen MR) is 125 cm³/mol. The fraction of sp³-hybridized carbons (Fsp3) is 0.364. The van der Waals surface area contributed by atoms with Gasteiger partial charge in [0.25, 0.3) is 5.91 Å². The molecule has 1 aliphatic rings. The highest BCUT2D eigenvalue weighted by Gasteiger charge is 2.39. The molecule has 3 heterocycles. The molecular weight excluding hydrogens is 501 g/mol. The standard InChI is InChI=1S/C22H23F3N6O4S/c1-11(2)17-19-28-14-7-12(10-32)16(36(4,34)35)8-15(14)30(19)5-6-31(17)21-27-9-13(20(33)26-3)18(29-21)22(23,24)25/h7-9,32H,5-6,10H2,1-4H3,(H,26,33). The van der Waals surface area contributed by atoms with Crippen molar-refractivity contribution in [2.75, 3.05) is 24.7 Å². The molecule has 0 spiro atoms. The third-order valence-corrected chi connectivity index (χ3v) is 6.94. The largest absolute Gasteiger partial charge is 0.434 e. The number of amides is 1. The number of hydrogen-bond acceptors (Lipinski definition) is 8. The van der Waals surface area contributed by atoms with Gasteiger partial charge in [0.1, 0.15) is 0 Å². The number of carbonyl (C=O) groups is 1. The van der Waals surface area contributed by atoms with Gasteiger partial charge in [0.2, 0.25) is 5.95 Å². The number of carbonyl (C=O) groups excluding carboxylic acids is 1. The molecule has 0 fully saturated rings. The van der Waals surface area contributed by atoms with Gasteiger partial charge in [-0.3, -0.25) is 4.79 Å². The molecule has 2 N–H and O–H groups in total. The average molecular weight is 525 g/mol. The Labute approximate surface area is 204 Å². The van der Waals surface area contributed by atoms with Gasteiger partial charge >= 0.3 is 6.18 Å². The van der Waals surface area contributed by atoms with Crippen LogP contribution in [0.4, 0.5) is 19.1 Å². The molecule has 36 heavy (non-hydrogen) atoms. The summed E-state index contributed by atoms with van der Waals surface area (Å²) in [4.78, 5) is 25.8. The SMILES string of the molecule is CNC(=O)c1cnc(N2CCn3c(nc4cc(CO)c(S(C)(=O)=O)cc43)C2=C(C)C)nc1C(F)(F)F. The quantitative estimate of drug-likeness (QED) is 0.532. The minimum Gasteiger partial charge on any atom is -0.392 e. The first-order valence-corrected chi connectivity index (χ1v) is 12.6. The molecule has 0 bridgehead atoms. The number of hydrogen-bond donors (Lipinski definition) is 2. The van der Waals surface area contributed by atoms with E-state index in [0.29, 0.717) is 28.1 Å². The van der Waals surface area contributed by atoms with Gasteiger partial charge in [0, 0.05) is 32.6 Å². The second-order valence-electron chi connectivity index (χ2n) is 8.48. The summed E-state index contributed by atoms with van der Waals surface area (Å²) in [5.74, 6) is -0.825. The monoisotopic (exact) mass is 524 g/mol. The van der Waals surface area contributed by atoms with Crippen molar-refractivity contribution in [2.45, 2.75) is 38.1 Å². The fourth-order valence-corrected chi connectivity index (χ4v) is 5.14. The number of benzene rings is 1. The van der Waals surface area contributed by atoms with Gasteiger partial charge in [-0.2, -0.15) is 13.2 Å². The summed E-state index contributed by atoms with van der Waals surface area (Å²) in [6, 6.07) is 2.93. The van der Waals surface area contributed by atoms with Crippen molar-refractivity contribution >= 4 is 38.4 Å². The number of imidazole rings is 1. The molecule has 0 unspecified atom stereocenters. The zero-order valence-corrected chi connectivity index (χ0v) is 20.6. The van der Waals surface area contributed by atoms with Crippen LogP contribution in [-0.2, 0) is 29.2 Å². The number of aliphatic hydroxyl groups excluding tert-OH is 1. The molecule has 2 aromatic heterocycles. The van der Waals surface area contributed by atoms with E-state index in [1.807, 2.05) is 0 Å². The molecule has 1 aliphatic heterocycles. The Morgan fingerprint density at radius 2 is 1.89 bits per heavy atom. The summed E-state index contributed by atoms with van der Waals surface area (Å²) in [7, 11) is -2.43. The summed E-state index contributed by atoms with van der Waals surface area (Å²) < 4.78 is 67.5. The van der Waals surface area contributed by atoms with E-state index in [4.69, 9.17) is 0 Å². The maximum Gasteiger partial charge on any atom is 0.434 e. The second kappa shape index (κ2) is 8.85. The Morgan fingerprint density at radius 3 is 2.44 bits per heavy atom. The number of aliphatic hydroxyl groups is 1. The van der Waals surface area contributed by atoms with E-state index in [0.717, 1.165) is 12.5 Å². The van der Waals surface area contributed by atoms with E-state index in [9.17, 15) is 31.5 Å². The van der Waals surface area contributed by atoms with Crippen molar-refractivity contribution in [1.29, 1.82) is 0 Å². The lowest BCUT2D eigenvalue weighted by Gasteiger charge is -2.32. The predicted octanol–water partition coefficient (Wildman–Crippen LogP) is 2.37. The zero-order chi connectivity index (χ0) is 26.6. The molecule has 1 amide bonds. The molecule has 10 nitrogen and oxygen atoms in total. The van der Waals surface area contributed by atoms with Gasteiger partial charge in [0.05, 0.1) is 33.8 Å². The first kappa shape index (κ1) is 25.6. The highest BCUT2D eigenvalue weighted by atomic mass is 32.2. The highest BCUT2D eigenvalue weighted by Crippen LogP contribution is 2.36. The Hall–Kier alpha value is -3.52. The maximum atomic E-state index is 13.7. The Balaban J connectivity index is 1.90. The van der Waals surface area contributed by atoms with Crippen LogP contribution in [0.1, 0.15) is 41.3 Å². The van der Waals surface area contributed by atoms with Crippen LogP contribution < -0.4 is 10.2 Å². The number of allylic oxidation sites excluding steroid dienone is 1. The fourth-order valence-electron chi connectivity index (χ4n) is 4.22. The minimum absolute atomic E-state index is 0.0238. The lowest BCUT2D eigenvalue weighted by molar-refractivity contribution is -0.141. The third-order valence-electron chi connectivity index (χ3n) is 5.76. The summed E-state index contributed by atoms with van der Waals surface area (Å²) in [6.07, 6.45) is -3.01. The van der Waals surface area contributed by atoms with Crippen molar-refractivity contribution < 1.29 is 31.5 Å².